The molecule has 1 aliphatic rings. The number of ether oxygens (including phenoxy) is 1. The van der Waals surface area contributed by atoms with Gasteiger partial charge in [-0.25, -0.2) is 0 Å². The molecule has 0 saturated heterocycles. The lowest BCUT2D eigenvalue weighted by molar-refractivity contribution is -0.132. The predicted molar refractivity (Wildman–Crippen MR) is 57.2 cm³/mol. The van der Waals surface area contributed by atoms with Crippen molar-refractivity contribution < 1.29 is 9.53 Å². The van der Waals surface area contributed by atoms with E-state index in [1.165, 1.54) is 0 Å². The molecule has 0 amide bonds. The lowest BCUT2D eigenvalue weighted by atomic mass is 9.76. The number of carbonyl (C=O) groups is 1. The van der Waals surface area contributed by atoms with Crippen LogP contribution in [0.2, 0.25) is 0 Å². The molecule has 1 rings (SSSR count). The number of rotatable bonds is 2. The van der Waals surface area contributed by atoms with Crippen molar-refractivity contribution in [2.24, 2.45) is 11.3 Å². The van der Waals surface area contributed by atoms with E-state index in [1.54, 1.807) is 7.11 Å². The summed E-state index contributed by atoms with van der Waals surface area (Å²) in [7, 11) is 1.76. The molecule has 1 fully saturated rings. The maximum absolute atomic E-state index is 12.0. The highest BCUT2D eigenvalue weighted by Crippen LogP contribution is 2.31. The maximum atomic E-state index is 12.0. The normalized spacial score (nSPS) is 28.9. The number of ketones is 1. The van der Waals surface area contributed by atoms with Crippen molar-refractivity contribution in [1.29, 1.82) is 0 Å². The fourth-order valence-corrected chi connectivity index (χ4v) is 2.17. The van der Waals surface area contributed by atoms with Gasteiger partial charge in [-0.1, -0.05) is 20.8 Å². The average molecular weight is 198 g/mol. The molecule has 0 aromatic rings. The van der Waals surface area contributed by atoms with Gasteiger partial charge in [0.05, 0.1) is 6.10 Å². The maximum Gasteiger partial charge on any atom is 0.141 e. The summed E-state index contributed by atoms with van der Waals surface area (Å²) in [5.74, 6) is 0.702. The molecular weight excluding hydrogens is 176 g/mol. The van der Waals surface area contributed by atoms with Gasteiger partial charge in [0.1, 0.15) is 5.78 Å². The Labute approximate surface area is 87.0 Å². The molecule has 0 aromatic heterocycles. The zero-order valence-electron chi connectivity index (χ0n) is 9.80. The number of hydrogen-bond donors (Lipinski definition) is 0. The highest BCUT2D eigenvalue weighted by molar-refractivity contribution is 5.85. The summed E-state index contributed by atoms with van der Waals surface area (Å²) in [5.41, 5.74) is -0.176. The zero-order chi connectivity index (χ0) is 10.8. The molecule has 82 valence electrons. The highest BCUT2D eigenvalue weighted by atomic mass is 16.5. The Morgan fingerprint density at radius 3 is 2.00 bits per heavy atom. The molecule has 1 saturated carbocycles. The standard InChI is InChI=1S/C12H22O2/c1-12(2,3)11(13)9-5-7-10(14-4)8-6-9/h9-10H,5-8H2,1-4H3. The predicted octanol–water partition coefficient (Wildman–Crippen LogP) is 2.81. The van der Waals surface area contributed by atoms with Gasteiger partial charge in [0, 0.05) is 18.4 Å². The van der Waals surface area contributed by atoms with Gasteiger partial charge in [-0.05, 0) is 25.7 Å². The minimum absolute atomic E-state index is 0.176. The van der Waals surface area contributed by atoms with E-state index in [0.717, 1.165) is 25.7 Å². The Bertz CT molecular complexity index is 195. The zero-order valence-corrected chi connectivity index (χ0v) is 9.80. The summed E-state index contributed by atoms with van der Waals surface area (Å²) in [6.07, 6.45) is 4.49. The first-order valence-electron chi connectivity index (χ1n) is 5.52. The second-order valence-electron chi connectivity index (χ2n) is 5.32. The molecule has 0 bridgehead atoms. The molecule has 0 aliphatic heterocycles. The van der Waals surface area contributed by atoms with Gasteiger partial charge in [0.15, 0.2) is 0 Å². The first-order chi connectivity index (χ1) is 6.45. The van der Waals surface area contributed by atoms with Crippen LogP contribution in [-0.2, 0) is 9.53 Å². The van der Waals surface area contributed by atoms with Crippen LogP contribution in [0.15, 0.2) is 0 Å². The Balaban J connectivity index is 2.46. The summed E-state index contributed by atoms with van der Waals surface area (Å²) < 4.78 is 5.29. The molecule has 2 heteroatoms. The monoisotopic (exact) mass is 198 g/mol. The molecule has 0 aromatic carbocycles. The van der Waals surface area contributed by atoms with Crippen LogP contribution in [-0.4, -0.2) is 19.0 Å². The smallest absolute Gasteiger partial charge is 0.141 e. The summed E-state index contributed by atoms with van der Waals surface area (Å²) in [4.78, 5) is 12.0. The summed E-state index contributed by atoms with van der Waals surface area (Å²) in [5, 5.41) is 0. The molecule has 0 atom stereocenters. The van der Waals surface area contributed by atoms with Gasteiger partial charge in [0.2, 0.25) is 0 Å². The van der Waals surface area contributed by atoms with Crippen molar-refractivity contribution in [3.8, 4) is 0 Å². The van der Waals surface area contributed by atoms with Crippen molar-refractivity contribution in [2.45, 2.75) is 52.6 Å². The Hall–Kier alpha value is -0.370. The molecular formula is C12H22O2. The SMILES string of the molecule is COC1CCC(C(=O)C(C)(C)C)CC1. The van der Waals surface area contributed by atoms with Crippen LogP contribution < -0.4 is 0 Å². The van der Waals surface area contributed by atoms with Crippen molar-refractivity contribution in [3.63, 3.8) is 0 Å². The van der Waals surface area contributed by atoms with Crippen LogP contribution in [0, 0.1) is 11.3 Å². The van der Waals surface area contributed by atoms with E-state index in [2.05, 4.69) is 0 Å². The van der Waals surface area contributed by atoms with E-state index in [1.807, 2.05) is 20.8 Å². The summed E-state index contributed by atoms with van der Waals surface area (Å²) >= 11 is 0. The largest absolute Gasteiger partial charge is 0.381 e. The van der Waals surface area contributed by atoms with Gasteiger partial charge in [-0.2, -0.15) is 0 Å². The summed E-state index contributed by atoms with van der Waals surface area (Å²) in [6.45, 7) is 6.03. The minimum atomic E-state index is -0.176. The van der Waals surface area contributed by atoms with Crippen molar-refractivity contribution in [1.82, 2.24) is 0 Å². The molecule has 0 unspecified atom stereocenters. The number of carbonyl (C=O) groups excluding carboxylic acids is 1. The number of Topliss-reactive ketones (excluding diaryl/α,β-unsaturated/α-hetero) is 1. The molecule has 2 nitrogen and oxygen atoms in total. The van der Waals surface area contributed by atoms with E-state index in [4.69, 9.17) is 4.74 Å². The summed E-state index contributed by atoms with van der Waals surface area (Å²) in [6, 6.07) is 0. The topological polar surface area (TPSA) is 26.3 Å². The Morgan fingerprint density at radius 2 is 1.64 bits per heavy atom. The quantitative estimate of drug-likeness (QED) is 0.682. The van der Waals surface area contributed by atoms with Crippen LogP contribution in [0.1, 0.15) is 46.5 Å². The first kappa shape index (κ1) is 11.7. The highest BCUT2D eigenvalue weighted by Gasteiger charge is 2.32. The second kappa shape index (κ2) is 4.43. The third-order valence-corrected chi connectivity index (χ3v) is 3.12. The Kier molecular flexibility index (Phi) is 3.71. The van der Waals surface area contributed by atoms with Crippen LogP contribution in [0.5, 0.6) is 0 Å². The van der Waals surface area contributed by atoms with Gasteiger partial charge in [-0.3, -0.25) is 4.79 Å². The lowest BCUT2D eigenvalue weighted by Gasteiger charge is -2.30. The Morgan fingerprint density at radius 1 is 1.14 bits per heavy atom. The third kappa shape index (κ3) is 2.81. The minimum Gasteiger partial charge on any atom is -0.381 e. The average Bonchev–Trinajstić information content (AvgIpc) is 2.15. The number of methoxy groups -OCH3 is 1. The van der Waals surface area contributed by atoms with Gasteiger partial charge < -0.3 is 4.74 Å². The third-order valence-electron chi connectivity index (χ3n) is 3.12. The number of hydrogen-bond acceptors (Lipinski definition) is 2. The van der Waals surface area contributed by atoms with E-state index in [0.29, 0.717) is 11.9 Å². The van der Waals surface area contributed by atoms with E-state index in [9.17, 15) is 4.79 Å². The van der Waals surface area contributed by atoms with Crippen molar-refractivity contribution in [2.75, 3.05) is 7.11 Å². The van der Waals surface area contributed by atoms with Gasteiger partial charge in [0.25, 0.3) is 0 Å². The van der Waals surface area contributed by atoms with E-state index in [-0.39, 0.29) is 11.3 Å². The fourth-order valence-electron chi connectivity index (χ4n) is 2.17. The van der Waals surface area contributed by atoms with Crippen LogP contribution in [0.3, 0.4) is 0 Å². The van der Waals surface area contributed by atoms with E-state index >= 15 is 0 Å². The van der Waals surface area contributed by atoms with Crippen LogP contribution >= 0.6 is 0 Å². The molecule has 0 N–H and O–H groups in total. The van der Waals surface area contributed by atoms with Crippen molar-refractivity contribution in [3.05, 3.63) is 0 Å². The lowest BCUT2D eigenvalue weighted by Crippen LogP contribution is -2.32. The molecule has 1 aliphatic carbocycles. The van der Waals surface area contributed by atoms with Gasteiger partial charge >= 0.3 is 0 Å². The van der Waals surface area contributed by atoms with E-state index < -0.39 is 0 Å². The molecule has 0 spiro atoms. The van der Waals surface area contributed by atoms with Crippen LogP contribution in [0.4, 0.5) is 0 Å². The fraction of sp³-hybridized carbons (Fsp3) is 0.917. The van der Waals surface area contributed by atoms with Gasteiger partial charge in [-0.15, -0.1) is 0 Å². The molecule has 0 heterocycles. The van der Waals surface area contributed by atoms with Crippen LogP contribution in [0.25, 0.3) is 0 Å². The van der Waals surface area contributed by atoms with Crippen molar-refractivity contribution >= 4 is 5.78 Å². The first-order valence-corrected chi connectivity index (χ1v) is 5.52. The molecule has 14 heavy (non-hydrogen) atoms. The second-order valence-corrected chi connectivity index (χ2v) is 5.32. The molecule has 0 radical (unpaired) electrons.